The zero-order chi connectivity index (χ0) is 11.1. The number of aromatic hydroxyl groups is 1. The average molecular weight is 196 g/mol. The van der Waals surface area contributed by atoms with Gasteiger partial charge in [-0.05, 0) is 18.6 Å². The minimum absolute atomic E-state index is 0.231. The zero-order valence-electron chi connectivity index (χ0n) is 8.69. The lowest BCUT2D eigenvalue weighted by molar-refractivity contribution is -0.140. The van der Waals surface area contributed by atoms with E-state index in [0.717, 1.165) is 5.56 Å². The van der Waals surface area contributed by atoms with Crippen molar-refractivity contribution in [3.63, 3.8) is 0 Å². The van der Waals surface area contributed by atoms with Crippen LogP contribution in [0.5, 0.6) is 5.75 Å². The number of rotatable bonds is 1. The van der Waals surface area contributed by atoms with Gasteiger partial charge in [0, 0.05) is 0 Å². The van der Waals surface area contributed by atoms with Crippen LogP contribution in [-0.2, 0) is 4.79 Å². The van der Waals surface area contributed by atoms with Crippen LogP contribution in [0.2, 0.25) is 0 Å². The van der Waals surface area contributed by atoms with Crippen LogP contribution in [0.3, 0.4) is 0 Å². The second kappa shape index (κ2) is 6.02. The summed E-state index contributed by atoms with van der Waals surface area (Å²) in [4.78, 5) is 9.70. The summed E-state index contributed by atoms with van der Waals surface area (Å²) in [6.07, 6.45) is 0. The molecule has 0 aliphatic heterocycles. The molecule has 0 heterocycles. The molecule has 0 bridgehead atoms. The van der Waals surface area contributed by atoms with Gasteiger partial charge in [0.15, 0.2) is 0 Å². The monoisotopic (exact) mass is 196 g/mol. The first-order valence-electron chi connectivity index (χ1n) is 4.42. The first-order valence-corrected chi connectivity index (χ1v) is 4.42. The fourth-order valence-electron chi connectivity index (χ4n) is 0.563. The maximum absolute atomic E-state index is 9.70. The van der Waals surface area contributed by atoms with Crippen molar-refractivity contribution >= 4 is 5.97 Å². The Bertz CT molecular complexity index is 271. The summed E-state index contributed by atoms with van der Waals surface area (Å²) >= 11 is 0. The van der Waals surface area contributed by atoms with Crippen molar-refractivity contribution in [3.05, 3.63) is 29.8 Å². The second-order valence-electron chi connectivity index (χ2n) is 3.28. The highest BCUT2D eigenvalue weighted by atomic mass is 16.4. The van der Waals surface area contributed by atoms with Gasteiger partial charge in [-0.3, -0.25) is 4.79 Å². The Morgan fingerprint density at radius 2 is 1.71 bits per heavy atom. The maximum atomic E-state index is 9.70. The number of carboxylic acids is 1. The lowest BCUT2D eigenvalue weighted by atomic mass is 10.2. The van der Waals surface area contributed by atoms with Crippen molar-refractivity contribution < 1.29 is 15.0 Å². The Hall–Kier alpha value is -1.51. The molecule has 3 nitrogen and oxygen atoms in total. The van der Waals surface area contributed by atoms with E-state index >= 15 is 0 Å². The van der Waals surface area contributed by atoms with E-state index in [1.54, 1.807) is 19.9 Å². The van der Waals surface area contributed by atoms with Crippen LogP contribution < -0.4 is 0 Å². The fraction of sp³-hybridized carbons (Fsp3) is 0.364. The number of aliphatic carboxylic acids is 1. The number of phenols is 1. The van der Waals surface area contributed by atoms with Crippen molar-refractivity contribution in [1.82, 2.24) is 0 Å². The molecule has 0 saturated heterocycles. The highest BCUT2D eigenvalue weighted by Gasteiger charge is 1.99. The lowest BCUT2D eigenvalue weighted by Gasteiger charge is -1.92. The number of phenolic OH excluding ortho intramolecular Hbond substituents is 1. The molecule has 0 aliphatic rings. The van der Waals surface area contributed by atoms with E-state index in [1.807, 2.05) is 25.1 Å². The van der Waals surface area contributed by atoms with Gasteiger partial charge in [-0.2, -0.15) is 0 Å². The second-order valence-corrected chi connectivity index (χ2v) is 3.28. The molecule has 3 heteroatoms. The number of carboxylic acid groups (broad SMARTS) is 1. The van der Waals surface area contributed by atoms with Crippen LogP contribution in [-0.4, -0.2) is 16.2 Å². The number of hydrogen-bond acceptors (Lipinski definition) is 2. The van der Waals surface area contributed by atoms with Crippen molar-refractivity contribution in [2.24, 2.45) is 5.92 Å². The molecule has 0 spiro atoms. The van der Waals surface area contributed by atoms with Crippen LogP contribution in [0.15, 0.2) is 24.3 Å². The van der Waals surface area contributed by atoms with Gasteiger partial charge in [0.1, 0.15) is 5.75 Å². The molecule has 2 N–H and O–H groups in total. The van der Waals surface area contributed by atoms with E-state index in [9.17, 15) is 4.79 Å². The number of para-hydroxylation sites is 1. The largest absolute Gasteiger partial charge is 0.508 e. The molecular formula is C11H16O3. The van der Waals surface area contributed by atoms with Gasteiger partial charge in [0.05, 0.1) is 5.92 Å². The molecular weight excluding hydrogens is 180 g/mol. The van der Waals surface area contributed by atoms with Crippen LogP contribution in [0.4, 0.5) is 0 Å². The van der Waals surface area contributed by atoms with Crippen LogP contribution in [0.25, 0.3) is 0 Å². The zero-order valence-corrected chi connectivity index (χ0v) is 8.69. The number of carbonyl (C=O) groups is 1. The third-order valence-electron chi connectivity index (χ3n) is 1.61. The van der Waals surface area contributed by atoms with E-state index in [4.69, 9.17) is 10.2 Å². The molecule has 1 aromatic rings. The summed E-state index contributed by atoms with van der Waals surface area (Å²) in [5, 5.41) is 16.9. The predicted octanol–water partition coefficient (Wildman–Crippen LogP) is 2.43. The fourth-order valence-corrected chi connectivity index (χ4v) is 0.563. The van der Waals surface area contributed by atoms with Gasteiger partial charge >= 0.3 is 5.97 Å². The topological polar surface area (TPSA) is 57.5 Å². The Labute approximate surface area is 84.0 Å². The third kappa shape index (κ3) is 5.19. The van der Waals surface area contributed by atoms with Crippen LogP contribution in [0.1, 0.15) is 19.4 Å². The molecule has 14 heavy (non-hydrogen) atoms. The predicted molar refractivity (Wildman–Crippen MR) is 55.3 cm³/mol. The van der Waals surface area contributed by atoms with Crippen molar-refractivity contribution in [1.29, 1.82) is 0 Å². The van der Waals surface area contributed by atoms with Gasteiger partial charge in [0.25, 0.3) is 0 Å². The van der Waals surface area contributed by atoms with Crippen LogP contribution >= 0.6 is 0 Å². The highest BCUT2D eigenvalue weighted by molar-refractivity contribution is 5.68. The highest BCUT2D eigenvalue weighted by Crippen LogP contribution is 2.12. The molecule has 0 atom stereocenters. The van der Waals surface area contributed by atoms with Crippen molar-refractivity contribution in [3.8, 4) is 5.75 Å². The van der Waals surface area contributed by atoms with E-state index in [0.29, 0.717) is 5.75 Å². The Balaban J connectivity index is 0.000000255. The number of aryl methyl sites for hydroxylation is 1. The van der Waals surface area contributed by atoms with Crippen molar-refractivity contribution in [2.75, 3.05) is 0 Å². The van der Waals surface area contributed by atoms with Gasteiger partial charge in [-0.25, -0.2) is 0 Å². The maximum Gasteiger partial charge on any atom is 0.305 e. The summed E-state index contributed by atoms with van der Waals surface area (Å²) in [5.74, 6) is -0.604. The lowest BCUT2D eigenvalue weighted by Crippen LogP contribution is -2.03. The molecule has 0 unspecified atom stereocenters. The Kier molecular flexibility index (Phi) is 5.37. The minimum Gasteiger partial charge on any atom is -0.508 e. The van der Waals surface area contributed by atoms with E-state index in [2.05, 4.69) is 0 Å². The third-order valence-corrected chi connectivity index (χ3v) is 1.61. The standard InChI is InChI=1S/C7H8O.C4H8O2/c1-6-4-2-3-5-7(6)8;1-3(2)4(5)6/h2-5,8H,1H3;3H,1-2H3,(H,5,6). The molecule has 0 fully saturated rings. The summed E-state index contributed by atoms with van der Waals surface area (Å²) < 4.78 is 0. The SMILES string of the molecule is CC(C)C(=O)O.Cc1ccccc1O. The summed E-state index contributed by atoms with van der Waals surface area (Å²) in [6, 6.07) is 7.25. The Morgan fingerprint density at radius 3 is 1.93 bits per heavy atom. The smallest absolute Gasteiger partial charge is 0.305 e. The molecule has 0 amide bonds. The number of hydrogen-bond donors (Lipinski definition) is 2. The van der Waals surface area contributed by atoms with Crippen LogP contribution in [0, 0.1) is 12.8 Å². The molecule has 0 radical (unpaired) electrons. The summed E-state index contributed by atoms with van der Waals surface area (Å²) in [5.41, 5.74) is 0.924. The first kappa shape index (κ1) is 12.5. The van der Waals surface area contributed by atoms with Gasteiger partial charge in [0.2, 0.25) is 0 Å². The Morgan fingerprint density at radius 1 is 1.29 bits per heavy atom. The van der Waals surface area contributed by atoms with E-state index < -0.39 is 5.97 Å². The normalized spacial score (nSPS) is 9.14. The summed E-state index contributed by atoms with van der Waals surface area (Å²) in [6.45, 7) is 5.15. The summed E-state index contributed by atoms with van der Waals surface area (Å²) in [7, 11) is 0. The molecule has 0 saturated carbocycles. The van der Waals surface area contributed by atoms with Crippen molar-refractivity contribution in [2.45, 2.75) is 20.8 Å². The van der Waals surface area contributed by atoms with Gasteiger partial charge in [-0.1, -0.05) is 32.0 Å². The quantitative estimate of drug-likeness (QED) is 0.725. The van der Waals surface area contributed by atoms with Gasteiger partial charge in [-0.15, -0.1) is 0 Å². The minimum atomic E-state index is -0.741. The molecule has 0 aromatic heterocycles. The van der Waals surface area contributed by atoms with E-state index in [-0.39, 0.29) is 5.92 Å². The van der Waals surface area contributed by atoms with Gasteiger partial charge < -0.3 is 10.2 Å². The molecule has 1 rings (SSSR count). The molecule has 1 aromatic carbocycles. The average Bonchev–Trinajstić information content (AvgIpc) is 2.11. The number of benzene rings is 1. The first-order chi connectivity index (χ1) is 6.45. The van der Waals surface area contributed by atoms with E-state index in [1.165, 1.54) is 0 Å². The molecule has 0 aliphatic carbocycles. The molecule has 78 valence electrons.